The Bertz CT molecular complexity index is 682. The highest BCUT2D eigenvalue weighted by Crippen LogP contribution is 2.41. The normalized spacial score (nSPS) is 20.8. The Morgan fingerprint density at radius 1 is 0.960 bits per heavy atom. The molecule has 1 saturated carbocycles. The molecule has 2 aromatic carbocycles. The van der Waals surface area contributed by atoms with Gasteiger partial charge in [0.25, 0.3) is 8.32 Å². The average molecular weight is 355 g/mol. The number of hydrogen-bond donors (Lipinski definition) is 1. The van der Waals surface area contributed by atoms with Gasteiger partial charge in [0.1, 0.15) is 0 Å². The van der Waals surface area contributed by atoms with E-state index in [9.17, 15) is 9.90 Å². The molecule has 1 fully saturated rings. The molecule has 0 radical (unpaired) electrons. The molecule has 0 aromatic heterocycles. The fourth-order valence-electron chi connectivity index (χ4n) is 3.81. The predicted molar refractivity (Wildman–Crippen MR) is 103 cm³/mol. The zero-order chi connectivity index (χ0) is 18.1. The van der Waals surface area contributed by atoms with Crippen LogP contribution in [0.5, 0.6) is 0 Å². The topological polar surface area (TPSA) is 46.5 Å². The van der Waals surface area contributed by atoms with E-state index in [2.05, 4.69) is 45.0 Å². The molecule has 0 heterocycles. The van der Waals surface area contributed by atoms with E-state index in [4.69, 9.17) is 4.43 Å². The van der Waals surface area contributed by atoms with Crippen LogP contribution in [0.2, 0.25) is 5.04 Å². The minimum absolute atomic E-state index is 0.117. The first-order valence-electron chi connectivity index (χ1n) is 8.88. The van der Waals surface area contributed by atoms with Crippen LogP contribution in [0.15, 0.2) is 60.7 Å². The van der Waals surface area contributed by atoms with E-state index in [0.29, 0.717) is 6.42 Å². The van der Waals surface area contributed by atoms with Gasteiger partial charge in [-0.25, -0.2) is 0 Å². The summed E-state index contributed by atoms with van der Waals surface area (Å²) in [4.78, 5) is 11.5. The number of carboxylic acids is 1. The van der Waals surface area contributed by atoms with Gasteiger partial charge < -0.3 is 9.53 Å². The summed E-state index contributed by atoms with van der Waals surface area (Å²) in [6.45, 7) is 6.65. The number of rotatable bonds is 5. The minimum Gasteiger partial charge on any atom is -0.481 e. The Hall–Kier alpha value is -1.91. The summed E-state index contributed by atoms with van der Waals surface area (Å²) in [5, 5.41) is 11.8. The Labute approximate surface area is 150 Å². The zero-order valence-electron chi connectivity index (χ0n) is 15.1. The van der Waals surface area contributed by atoms with Gasteiger partial charge in [0.15, 0.2) is 0 Å². The molecule has 0 saturated heterocycles. The number of aliphatic carboxylic acids is 1. The zero-order valence-corrected chi connectivity index (χ0v) is 16.1. The molecule has 4 heteroatoms. The molecule has 0 amide bonds. The molecule has 0 unspecified atom stereocenters. The quantitative estimate of drug-likeness (QED) is 0.837. The Morgan fingerprint density at radius 2 is 1.44 bits per heavy atom. The summed E-state index contributed by atoms with van der Waals surface area (Å²) in [5.41, 5.74) is 0. The second-order valence-electron chi connectivity index (χ2n) is 7.84. The van der Waals surface area contributed by atoms with Crippen molar-refractivity contribution in [2.24, 2.45) is 5.92 Å². The van der Waals surface area contributed by atoms with Crippen LogP contribution in [-0.4, -0.2) is 25.5 Å². The van der Waals surface area contributed by atoms with Gasteiger partial charge in [-0.1, -0.05) is 81.4 Å². The van der Waals surface area contributed by atoms with Crippen molar-refractivity contribution in [1.82, 2.24) is 0 Å². The molecule has 1 N–H and O–H groups in total. The Morgan fingerprint density at radius 3 is 1.76 bits per heavy atom. The van der Waals surface area contributed by atoms with Gasteiger partial charge in [-0.05, 0) is 28.3 Å². The van der Waals surface area contributed by atoms with Crippen molar-refractivity contribution >= 4 is 24.7 Å². The molecule has 132 valence electrons. The highest BCUT2D eigenvalue weighted by atomic mass is 28.4. The Balaban J connectivity index is 2.14. The third-order valence-corrected chi connectivity index (χ3v) is 10.3. The number of benzene rings is 2. The van der Waals surface area contributed by atoms with Crippen molar-refractivity contribution in [1.29, 1.82) is 0 Å². The van der Waals surface area contributed by atoms with Crippen LogP contribution >= 0.6 is 0 Å². The first-order chi connectivity index (χ1) is 11.9. The molecule has 25 heavy (non-hydrogen) atoms. The molecule has 1 aliphatic carbocycles. The van der Waals surface area contributed by atoms with E-state index in [1.165, 1.54) is 10.4 Å². The lowest BCUT2D eigenvalue weighted by Gasteiger charge is -2.48. The standard InChI is InChI=1S/C21H26O3Si/c1-21(2,3)25(16-10-6-4-7-11-16,17-12-8-5-9-13-17)24-19-15-14-18(19)20(22)23/h4-13,18-19H,14-15H2,1-3H3,(H,22,23)/t18-,19-/m1/s1. The van der Waals surface area contributed by atoms with Gasteiger partial charge in [0.05, 0.1) is 12.0 Å². The van der Waals surface area contributed by atoms with Crippen molar-refractivity contribution in [2.45, 2.75) is 44.8 Å². The molecule has 0 bridgehead atoms. The lowest BCUT2D eigenvalue weighted by Crippen LogP contribution is -2.69. The smallest absolute Gasteiger partial charge is 0.309 e. The maximum atomic E-state index is 11.5. The summed E-state index contributed by atoms with van der Waals surface area (Å²) < 4.78 is 6.84. The summed E-state index contributed by atoms with van der Waals surface area (Å²) >= 11 is 0. The van der Waals surface area contributed by atoms with E-state index in [1.807, 2.05) is 36.4 Å². The van der Waals surface area contributed by atoms with Crippen molar-refractivity contribution < 1.29 is 14.3 Å². The van der Waals surface area contributed by atoms with Gasteiger partial charge in [0.2, 0.25) is 0 Å². The van der Waals surface area contributed by atoms with Crippen molar-refractivity contribution in [3.8, 4) is 0 Å². The summed E-state index contributed by atoms with van der Waals surface area (Å²) in [5.74, 6) is -1.13. The van der Waals surface area contributed by atoms with Gasteiger partial charge in [-0.15, -0.1) is 0 Å². The molecular formula is C21H26O3Si. The molecule has 3 nitrogen and oxygen atoms in total. The second-order valence-corrected chi connectivity index (χ2v) is 12.1. The second kappa shape index (κ2) is 6.77. The monoisotopic (exact) mass is 354 g/mol. The van der Waals surface area contributed by atoms with E-state index in [-0.39, 0.29) is 17.1 Å². The first kappa shape index (κ1) is 17.9. The minimum atomic E-state index is -2.63. The van der Waals surface area contributed by atoms with Gasteiger partial charge >= 0.3 is 5.97 Å². The molecule has 3 rings (SSSR count). The van der Waals surface area contributed by atoms with Crippen LogP contribution < -0.4 is 10.4 Å². The lowest BCUT2D eigenvalue weighted by atomic mass is 9.82. The molecular weight excluding hydrogens is 328 g/mol. The van der Waals surface area contributed by atoms with Crippen LogP contribution in [0, 0.1) is 5.92 Å². The number of carbonyl (C=O) groups is 1. The molecule has 0 spiro atoms. The fraction of sp³-hybridized carbons (Fsp3) is 0.381. The third kappa shape index (κ3) is 3.16. The summed E-state index contributed by atoms with van der Waals surface area (Å²) in [7, 11) is -2.63. The van der Waals surface area contributed by atoms with Gasteiger partial charge in [0, 0.05) is 0 Å². The predicted octanol–water partition coefficient (Wildman–Crippen LogP) is 3.43. The first-order valence-corrected chi connectivity index (χ1v) is 10.8. The lowest BCUT2D eigenvalue weighted by molar-refractivity contribution is -0.150. The van der Waals surface area contributed by atoms with Gasteiger partial charge in [-0.2, -0.15) is 0 Å². The third-order valence-electron chi connectivity index (χ3n) is 5.27. The summed E-state index contributed by atoms with van der Waals surface area (Å²) in [6.07, 6.45) is 1.32. The van der Waals surface area contributed by atoms with Crippen LogP contribution in [0.3, 0.4) is 0 Å². The van der Waals surface area contributed by atoms with Crippen LogP contribution in [0.1, 0.15) is 33.6 Å². The molecule has 2 atom stereocenters. The molecule has 1 aliphatic rings. The number of carboxylic acid groups (broad SMARTS) is 1. The van der Waals surface area contributed by atoms with E-state index >= 15 is 0 Å². The molecule has 2 aromatic rings. The van der Waals surface area contributed by atoms with E-state index in [1.54, 1.807) is 0 Å². The van der Waals surface area contributed by atoms with Crippen molar-refractivity contribution in [3.63, 3.8) is 0 Å². The molecule has 0 aliphatic heterocycles. The van der Waals surface area contributed by atoms with Crippen LogP contribution in [0.25, 0.3) is 0 Å². The van der Waals surface area contributed by atoms with Gasteiger partial charge in [-0.3, -0.25) is 4.79 Å². The van der Waals surface area contributed by atoms with Crippen LogP contribution in [0.4, 0.5) is 0 Å². The summed E-state index contributed by atoms with van der Waals surface area (Å²) in [6, 6.07) is 20.8. The Kier molecular flexibility index (Phi) is 4.85. The maximum Gasteiger partial charge on any atom is 0.309 e. The number of hydrogen-bond acceptors (Lipinski definition) is 2. The van der Waals surface area contributed by atoms with Crippen LogP contribution in [-0.2, 0) is 9.22 Å². The average Bonchev–Trinajstić information content (AvgIpc) is 2.54. The SMILES string of the molecule is CC(C)(C)[Si](O[C@@H]1CC[C@H]1C(=O)O)(c1ccccc1)c1ccccc1. The van der Waals surface area contributed by atoms with E-state index < -0.39 is 14.3 Å². The van der Waals surface area contributed by atoms with E-state index in [0.717, 1.165) is 6.42 Å². The van der Waals surface area contributed by atoms with Crippen molar-refractivity contribution in [3.05, 3.63) is 60.7 Å². The maximum absolute atomic E-state index is 11.5. The largest absolute Gasteiger partial charge is 0.481 e. The van der Waals surface area contributed by atoms with Crippen molar-refractivity contribution in [2.75, 3.05) is 0 Å². The highest BCUT2D eigenvalue weighted by molar-refractivity contribution is 6.99. The fourth-order valence-corrected chi connectivity index (χ4v) is 8.56. The highest BCUT2D eigenvalue weighted by Gasteiger charge is 2.54.